The van der Waals surface area contributed by atoms with Gasteiger partial charge in [0.15, 0.2) is 0 Å². The summed E-state index contributed by atoms with van der Waals surface area (Å²) in [5.41, 5.74) is 17.1. The Morgan fingerprint density at radius 2 is 0.884 bits per heavy atom. The Labute approximate surface area is 263 Å². The van der Waals surface area contributed by atoms with Crippen LogP contribution in [0.25, 0.3) is 22.3 Å². The van der Waals surface area contributed by atoms with Crippen LogP contribution in [0.3, 0.4) is 0 Å². The van der Waals surface area contributed by atoms with Crippen LogP contribution in [0.1, 0.15) is 122 Å². The second-order valence-electron chi connectivity index (χ2n) is 14.8. The Hall–Kier alpha value is -2.24. The van der Waals surface area contributed by atoms with Crippen LogP contribution in [-0.4, -0.2) is 16.1 Å². The van der Waals surface area contributed by atoms with Gasteiger partial charge in [-0.05, 0) is 153 Å². The summed E-state index contributed by atoms with van der Waals surface area (Å²) in [5.74, 6) is 0.569. The molecule has 0 unspecified atom stereocenters. The minimum atomic E-state index is -0.596. The summed E-state index contributed by atoms with van der Waals surface area (Å²) in [7, 11) is -0.596. The molecule has 1 nitrogen and oxygen atoms in total. The molecule has 0 amide bonds. The van der Waals surface area contributed by atoms with Crippen LogP contribution < -0.4 is 5.30 Å². The second kappa shape index (κ2) is 11.6. The highest BCUT2D eigenvalue weighted by molar-refractivity contribution is 7.69. The SMILES string of the molecule is Cc1cc(C)c(C)c(-c2cccc(-c3c(C)c(C)cc(C)c3C)c2P2C3(CCCCC3)CC(=O)CC23CCCCC3)c1C. The molecule has 3 fully saturated rings. The molecule has 1 aliphatic heterocycles. The van der Waals surface area contributed by atoms with Gasteiger partial charge in [-0.3, -0.25) is 4.79 Å². The van der Waals surface area contributed by atoms with Crippen molar-refractivity contribution < 1.29 is 4.79 Å². The van der Waals surface area contributed by atoms with Gasteiger partial charge in [-0.2, -0.15) is 0 Å². The zero-order chi connectivity index (χ0) is 30.7. The molecule has 0 aromatic heterocycles. The molecule has 0 N–H and O–H groups in total. The molecule has 2 spiro atoms. The highest BCUT2D eigenvalue weighted by atomic mass is 31.1. The minimum Gasteiger partial charge on any atom is -0.300 e. The molecule has 6 rings (SSSR count). The average Bonchev–Trinajstić information content (AvgIpc) is 2.97. The highest BCUT2D eigenvalue weighted by Gasteiger charge is 2.57. The van der Waals surface area contributed by atoms with E-state index in [1.165, 1.54) is 131 Å². The third-order valence-corrected chi connectivity index (χ3v) is 16.1. The Morgan fingerprint density at radius 3 is 1.23 bits per heavy atom. The molecule has 43 heavy (non-hydrogen) atoms. The number of rotatable bonds is 3. The number of carbonyl (C=O) groups excluding carboxylic acids is 1. The van der Waals surface area contributed by atoms with Crippen LogP contribution in [0.4, 0.5) is 0 Å². The summed E-state index contributed by atoms with van der Waals surface area (Å²) >= 11 is 0. The Kier molecular flexibility index (Phi) is 8.30. The zero-order valence-corrected chi connectivity index (χ0v) is 29.1. The van der Waals surface area contributed by atoms with E-state index in [1.807, 2.05) is 0 Å². The number of benzene rings is 3. The number of Topliss-reactive ketones (excluding diaryl/α,β-unsaturated/α-hetero) is 1. The van der Waals surface area contributed by atoms with Crippen LogP contribution in [0.15, 0.2) is 30.3 Å². The van der Waals surface area contributed by atoms with Gasteiger partial charge in [-0.25, -0.2) is 0 Å². The van der Waals surface area contributed by atoms with Crippen molar-refractivity contribution in [2.75, 3.05) is 0 Å². The Bertz CT molecular complexity index is 1410. The second-order valence-corrected chi connectivity index (χ2v) is 17.8. The molecule has 2 heteroatoms. The fraction of sp³-hybridized carbons (Fsp3) is 0.537. The molecule has 3 aliphatic rings. The van der Waals surface area contributed by atoms with Gasteiger partial charge in [0, 0.05) is 23.2 Å². The zero-order valence-electron chi connectivity index (χ0n) is 28.2. The van der Waals surface area contributed by atoms with Crippen LogP contribution in [0, 0.1) is 55.4 Å². The maximum atomic E-state index is 13.9. The van der Waals surface area contributed by atoms with E-state index in [2.05, 4.69) is 85.7 Å². The van der Waals surface area contributed by atoms with Crippen LogP contribution in [0.2, 0.25) is 0 Å². The fourth-order valence-electron chi connectivity index (χ4n) is 9.58. The van der Waals surface area contributed by atoms with E-state index in [9.17, 15) is 4.79 Å². The van der Waals surface area contributed by atoms with E-state index in [-0.39, 0.29) is 10.3 Å². The van der Waals surface area contributed by atoms with E-state index in [4.69, 9.17) is 0 Å². The smallest absolute Gasteiger partial charge is 0.134 e. The molecular weight excluding hydrogens is 539 g/mol. The Morgan fingerprint density at radius 1 is 0.535 bits per heavy atom. The van der Waals surface area contributed by atoms with Gasteiger partial charge in [0.25, 0.3) is 0 Å². The van der Waals surface area contributed by atoms with Crippen molar-refractivity contribution in [3.8, 4) is 22.3 Å². The van der Waals surface area contributed by atoms with Gasteiger partial charge in [0.1, 0.15) is 5.78 Å². The van der Waals surface area contributed by atoms with Gasteiger partial charge >= 0.3 is 0 Å². The number of hydrogen-bond donors (Lipinski definition) is 0. The molecule has 0 radical (unpaired) electrons. The van der Waals surface area contributed by atoms with Crippen molar-refractivity contribution in [2.45, 2.75) is 143 Å². The van der Waals surface area contributed by atoms with E-state index >= 15 is 0 Å². The Balaban J connectivity index is 1.78. The molecule has 0 bridgehead atoms. The standard InChI is InChI=1S/C41H53OP/c1-26-22-27(2)31(6)37(30(26)5)35-16-15-17-36(38-32(7)28(3)23-29(4)33(38)8)39(35)43-40(18-11-9-12-19-40)24-34(42)25-41(43)20-13-10-14-21-41/h15-17,22-23H,9-14,18-21,24-25H2,1-8H3. The monoisotopic (exact) mass is 592 g/mol. The van der Waals surface area contributed by atoms with E-state index in [1.54, 1.807) is 5.30 Å². The summed E-state index contributed by atoms with van der Waals surface area (Å²) in [5, 5.41) is 1.92. The summed E-state index contributed by atoms with van der Waals surface area (Å²) in [6.07, 6.45) is 14.3. The normalized spacial score (nSPS) is 20.2. The highest BCUT2D eigenvalue weighted by Crippen LogP contribution is 2.73. The van der Waals surface area contributed by atoms with Crippen LogP contribution in [0.5, 0.6) is 0 Å². The van der Waals surface area contributed by atoms with Crippen molar-refractivity contribution in [1.82, 2.24) is 0 Å². The van der Waals surface area contributed by atoms with Crippen LogP contribution >= 0.6 is 7.92 Å². The van der Waals surface area contributed by atoms with E-state index in [0.717, 1.165) is 12.8 Å². The molecular formula is C41H53OP. The maximum Gasteiger partial charge on any atom is 0.134 e. The van der Waals surface area contributed by atoms with Crippen molar-refractivity contribution in [2.24, 2.45) is 0 Å². The first-order valence-electron chi connectivity index (χ1n) is 17.1. The summed E-state index contributed by atoms with van der Waals surface area (Å²) in [4.78, 5) is 13.9. The van der Waals surface area contributed by atoms with E-state index < -0.39 is 7.92 Å². The molecule has 3 aromatic carbocycles. The number of aryl methyl sites for hydroxylation is 4. The van der Waals surface area contributed by atoms with Gasteiger partial charge in [0.2, 0.25) is 0 Å². The average molecular weight is 593 g/mol. The number of carbonyl (C=O) groups is 1. The predicted molar refractivity (Wildman–Crippen MR) is 188 cm³/mol. The minimum absolute atomic E-state index is 0.131. The predicted octanol–water partition coefficient (Wildman–Crippen LogP) is 11.4. The topological polar surface area (TPSA) is 17.1 Å². The first-order valence-corrected chi connectivity index (χ1v) is 18.4. The lowest BCUT2D eigenvalue weighted by Crippen LogP contribution is -2.51. The van der Waals surface area contributed by atoms with E-state index in [0.29, 0.717) is 5.78 Å². The van der Waals surface area contributed by atoms with Gasteiger partial charge in [-0.1, -0.05) is 76.8 Å². The van der Waals surface area contributed by atoms with Crippen LogP contribution in [-0.2, 0) is 4.79 Å². The number of hydrogen-bond acceptors (Lipinski definition) is 1. The molecule has 1 heterocycles. The molecule has 2 saturated carbocycles. The van der Waals surface area contributed by atoms with Gasteiger partial charge in [0.05, 0.1) is 0 Å². The summed E-state index contributed by atoms with van der Waals surface area (Å²) < 4.78 is 0. The molecule has 228 valence electrons. The molecule has 0 atom stereocenters. The summed E-state index contributed by atoms with van der Waals surface area (Å²) in [6, 6.07) is 12.1. The third kappa shape index (κ3) is 5.07. The third-order valence-electron chi connectivity index (χ3n) is 12.1. The van der Waals surface area contributed by atoms with Gasteiger partial charge in [-0.15, -0.1) is 0 Å². The molecule has 1 saturated heterocycles. The lowest BCUT2D eigenvalue weighted by atomic mass is 9.78. The van der Waals surface area contributed by atoms with Crippen molar-refractivity contribution >= 4 is 19.0 Å². The molecule has 2 aliphatic carbocycles. The first-order chi connectivity index (χ1) is 20.5. The van der Waals surface area contributed by atoms with Gasteiger partial charge < -0.3 is 0 Å². The number of ketones is 1. The first kappa shape index (κ1) is 30.8. The summed E-state index contributed by atoms with van der Waals surface area (Å²) in [6.45, 7) is 18.6. The largest absolute Gasteiger partial charge is 0.300 e. The quantitative estimate of drug-likeness (QED) is 0.277. The van der Waals surface area contributed by atoms with Crippen molar-refractivity contribution in [3.05, 3.63) is 74.8 Å². The maximum absolute atomic E-state index is 13.9. The van der Waals surface area contributed by atoms with Crippen molar-refractivity contribution in [3.63, 3.8) is 0 Å². The molecule has 3 aromatic rings. The lowest BCUT2D eigenvalue weighted by Gasteiger charge is -2.58. The fourth-order valence-corrected chi connectivity index (χ4v) is 14.6. The lowest BCUT2D eigenvalue weighted by molar-refractivity contribution is -0.121. The van der Waals surface area contributed by atoms with Crippen molar-refractivity contribution in [1.29, 1.82) is 0 Å².